The van der Waals surface area contributed by atoms with Crippen LogP contribution in [0.2, 0.25) is 5.02 Å². The monoisotopic (exact) mass is 514 g/mol. The summed E-state index contributed by atoms with van der Waals surface area (Å²) in [6.45, 7) is 0.298. The quantitative estimate of drug-likeness (QED) is 0.314. The van der Waals surface area contributed by atoms with E-state index in [0.717, 1.165) is 21.5 Å². The summed E-state index contributed by atoms with van der Waals surface area (Å²) in [6, 6.07) is 11.1. The number of imide groups is 1. The highest BCUT2D eigenvalue weighted by molar-refractivity contribution is 9.10. The number of ether oxygens (including phenoxy) is 2. The number of carbonyl (C=O) groups excluding carboxylic acids is 2. The number of methoxy groups -OCH3 is 1. The molecule has 2 aromatic rings. The van der Waals surface area contributed by atoms with E-state index in [1.165, 1.54) is 13.3 Å². The van der Waals surface area contributed by atoms with E-state index in [1.807, 2.05) is 24.3 Å². The number of allylic oxidation sites excluding steroid dienone is 2. The zero-order chi connectivity index (χ0) is 22.4. The first-order valence-electron chi connectivity index (χ1n) is 10.3. The molecule has 1 aliphatic heterocycles. The number of rotatable bonds is 6. The van der Waals surface area contributed by atoms with Gasteiger partial charge in [0.15, 0.2) is 11.5 Å². The summed E-state index contributed by atoms with van der Waals surface area (Å²) in [7, 11) is 1.52. The van der Waals surface area contributed by atoms with Gasteiger partial charge in [-0.25, -0.2) is 0 Å². The second-order valence-electron chi connectivity index (χ2n) is 8.17. The van der Waals surface area contributed by atoms with Crippen LogP contribution in [0.25, 0.3) is 0 Å². The van der Waals surface area contributed by atoms with Crippen molar-refractivity contribution < 1.29 is 19.1 Å². The van der Waals surface area contributed by atoms with Crippen molar-refractivity contribution in [3.05, 3.63) is 69.2 Å². The Labute approximate surface area is 199 Å². The van der Waals surface area contributed by atoms with Gasteiger partial charge < -0.3 is 9.47 Å². The predicted molar refractivity (Wildman–Crippen MR) is 124 cm³/mol. The lowest BCUT2D eigenvalue weighted by atomic mass is 9.85. The number of nitrogens with zero attached hydrogens (tertiary/aromatic N) is 2. The molecule has 2 bridgehead atoms. The van der Waals surface area contributed by atoms with Crippen molar-refractivity contribution in [2.24, 2.45) is 28.8 Å². The van der Waals surface area contributed by atoms with Crippen LogP contribution in [0.15, 0.2) is 58.1 Å². The molecule has 2 amide bonds. The zero-order valence-electron chi connectivity index (χ0n) is 17.2. The fraction of sp³-hybridized carbons (Fsp3) is 0.292. The Balaban J connectivity index is 1.41. The first kappa shape index (κ1) is 21.2. The Hall–Kier alpha value is -2.64. The number of hydrogen-bond donors (Lipinski definition) is 0. The van der Waals surface area contributed by atoms with Crippen molar-refractivity contribution in [2.75, 3.05) is 7.11 Å². The second kappa shape index (κ2) is 8.37. The van der Waals surface area contributed by atoms with Gasteiger partial charge in [0, 0.05) is 21.1 Å². The maximum Gasteiger partial charge on any atom is 0.254 e. The number of carbonyl (C=O) groups is 2. The van der Waals surface area contributed by atoms with Crippen molar-refractivity contribution in [2.45, 2.75) is 13.0 Å². The van der Waals surface area contributed by atoms with E-state index in [2.05, 4.69) is 33.2 Å². The summed E-state index contributed by atoms with van der Waals surface area (Å²) < 4.78 is 12.5. The van der Waals surface area contributed by atoms with Crippen LogP contribution in [0.3, 0.4) is 0 Å². The van der Waals surface area contributed by atoms with Crippen LogP contribution < -0.4 is 9.47 Å². The summed E-state index contributed by atoms with van der Waals surface area (Å²) in [4.78, 5) is 25.8. The van der Waals surface area contributed by atoms with Crippen molar-refractivity contribution in [1.82, 2.24) is 5.01 Å². The van der Waals surface area contributed by atoms with E-state index >= 15 is 0 Å². The molecule has 1 saturated carbocycles. The number of hydrogen-bond acceptors (Lipinski definition) is 5. The highest BCUT2D eigenvalue weighted by Crippen LogP contribution is 2.52. The summed E-state index contributed by atoms with van der Waals surface area (Å²) in [5, 5.41) is 5.70. The van der Waals surface area contributed by atoms with Crippen molar-refractivity contribution in [3.8, 4) is 11.5 Å². The molecule has 2 aliphatic carbocycles. The maximum absolute atomic E-state index is 12.9. The zero-order valence-corrected chi connectivity index (χ0v) is 19.5. The minimum Gasteiger partial charge on any atom is -0.493 e. The number of halogens is 2. The summed E-state index contributed by atoms with van der Waals surface area (Å²) in [5.74, 6) is 0.0847. The molecule has 2 aromatic carbocycles. The molecule has 6 nitrogen and oxygen atoms in total. The van der Waals surface area contributed by atoms with Gasteiger partial charge in [-0.1, -0.05) is 51.8 Å². The third-order valence-corrected chi connectivity index (χ3v) is 7.07. The molecule has 0 radical (unpaired) electrons. The lowest BCUT2D eigenvalue weighted by Crippen LogP contribution is -2.28. The molecule has 1 saturated heterocycles. The predicted octanol–water partition coefficient (Wildman–Crippen LogP) is 4.83. The lowest BCUT2D eigenvalue weighted by molar-refractivity contribution is -0.140. The van der Waals surface area contributed by atoms with E-state index in [1.54, 1.807) is 12.1 Å². The Morgan fingerprint density at radius 2 is 1.78 bits per heavy atom. The molecule has 2 fully saturated rings. The van der Waals surface area contributed by atoms with Gasteiger partial charge in [-0.2, -0.15) is 10.1 Å². The van der Waals surface area contributed by atoms with Crippen LogP contribution >= 0.6 is 27.5 Å². The molecular weight excluding hydrogens is 496 g/mol. The Morgan fingerprint density at radius 3 is 2.41 bits per heavy atom. The molecule has 32 heavy (non-hydrogen) atoms. The molecule has 0 spiro atoms. The molecule has 164 valence electrons. The fourth-order valence-electron chi connectivity index (χ4n) is 4.85. The van der Waals surface area contributed by atoms with Crippen LogP contribution in [0.4, 0.5) is 0 Å². The molecule has 5 rings (SSSR count). The standard InChI is InChI=1S/C24H20BrClN2O4/c1-31-19-10-18(26)9-16(22(19)32-12-13-2-6-17(25)7-3-13)11-27-28-23(29)20-14-4-5-15(8-14)21(20)24(28)30/h2-7,9-11,14-15,20-21H,8,12H2,1H3/t14-,15-,20-,21+/m0/s1. The van der Waals surface area contributed by atoms with Gasteiger partial charge in [0.05, 0.1) is 25.2 Å². The number of benzene rings is 2. The Kier molecular flexibility index (Phi) is 5.55. The van der Waals surface area contributed by atoms with Gasteiger partial charge in [-0.15, -0.1) is 0 Å². The van der Waals surface area contributed by atoms with Crippen LogP contribution in [-0.4, -0.2) is 30.1 Å². The van der Waals surface area contributed by atoms with Crippen molar-refractivity contribution in [1.29, 1.82) is 0 Å². The minimum absolute atomic E-state index is 0.137. The smallest absolute Gasteiger partial charge is 0.254 e. The van der Waals surface area contributed by atoms with Gasteiger partial charge >= 0.3 is 0 Å². The number of fused-ring (bicyclic) bond motifs is 5. The van der Waals surface area contributed by atoms with E-state index in [0.29, 0.717) is 28.7 Å². The van der Waals surface area contributed by atoms with E-state index in [9.17, 15) is 9.59 Å². The average molecular weight is 516 g/mol. The normalized spacial score (nSPS) is 25.8. The van der Waals surface area contributed by atoms with Crippen LogP contribution in [0.5, 0.6) is 11.5 Å². The molecule has 0 aromatic heterocycles. The molecule has 0 N–H and O–H groups in total. The highest BCUT2D eigenvalue weighted by atomic mass is 79.9. The first-order valence-corrected chi connectivity index (χ1v) is 11.5. The highest BCUT2D eigenvalue weighted by Gasteiger charge is 2.59. The summed E-state index contributed by atoms with van der Waals surface area (Å²) in [5.41, 5.74) is 1.49. The van der Waals surface area contributed by atoms with E-state index in [4.69, 9.17) is 21.1 Å². The van der Waals surface area contributed by atoms with Gasteiger partial charge in [0.25, 0.3) is 11.8 Å². The van der Waals surface area contributed by atoms with Gasteiger partial charge in [0.1, 0.15) is 6.61 Å². The number of hydrazone groups is 1. The molecule has 8 heteroatoms. The van der Waals surface area contributed by atoms with Crippen LogP contribution in [-0.2, 0) is 16.2 Å². The average Bonchev–Trinajstić information content (AvgIpc) is 3.46. The third kappa shape index (κ3) is 3.63. The van der Waals surface area contributed by atoms with Gasteiger partial charge in [-0.05, 0) is 42.0 Å². The van der Waals surface area contributed by atoms with E-state index in [-0.39, 0.29) is 35.5 Å². The Bertz CT molecular complexity index is 1120. The second-order valence-corrected chi connectivity index (χ2v) is 9.53. The SMILES string of the molecule is COc1cc(Cl)cc(C=NN2C(=O)[C@@H]3[C@H](C2=O)[C@H]2C=C[C@H]3C2)c1OCc1ccc(Br)cc1. The largest absolute Gasteiger partial charge is 0.493 e. The van der Waals surface area contributed by atoms with Crippen LogP contribution in [0.1, 0.15) is 17.5 Å². The molecule has 1 heterocycles. The van der Waals surface area contributed by atoms with Crippen molar-refractivity contribution in [3.63, 3.8) is 0 Å². The topological polar surface area (TPSA) is 68.2 Å². The van der Waals surface area contributed by atoms with E-state index < -0.39 is 0 Å². The molecule has 4 atom stereocenters. The lowest BCUT2D eigenvalue weighted by Gasteiger charge is -2.15. The first-order chi connectivity index (χ1) is 15.5. The third-order valence-electron chi connectivity index (χ3n) is 6.32. The van der Waals surface area contributed by atoms with Gasteiger partial charge in [-0.3, -0.25) is 9.59 Å². The number of amides is 2. The summed E-state index contributed by atoms with van der Waals surface area (Å²) >= 11 is 9.67. The minimum atomic E-state index is -0.295. The van der Waals surface area contributed by atoms with Gasteiger partial charge in [0.2, 0.25) is 0 Å². The molecule has 0 unspecified atom stereocenters. The maximum atomic E-state index is 12.9. The van der Waals surface area contributed by atoms with Crippen molar-refractivity contribution >= 4 is 45.6 Å². The van der Waals surface area contributed by atoms with Crippen LogP contribution in [0, 0.1) is 23.7 Å². The fourth-order valence-corrected chi connectivity index (χ4v) is 5.33. The molecular formula is C24H20BrClN2O4. The molecule has 3 aliphatic rings. The summed E-state index contributed by atoms with van der Waals surface area (Å²) in [6.07, 6.45) is 6.43. The Morgan fingerprint density at radius 1 is 1.12 bits per heavy atom.